The van der Waals surface area contributed by atoms with E-state index in [1.807, 2.05) is 20.8 Å². The fraction of sp³-hybridized carbons (Fsp3) is 0.471. The average Bonchev–Trinajstić information content (AvgIpc) is 2.36. The van der Waals surface area contributed by atoms with Crippen molar-refractivity contribution < 1.29 is 14.4 Å². The van der Waals surface area contributed by atoms with Crippen LogP contribution in [-0.4, -0.2) is 34.6 Å². The van der Waals surface area contributed by atoms with Gasteiger partial charge in [-0.25, -0.2) is 0 Å². The number of anilines is 1. The summed E-state index contributed by atoms with van der Waals surface area (Å²) in [7, 11) is 0. The van der Waals surface area contributed by atoms with Crippen molar-refractivity contribution in [1.82, 2.24) is 4.90 Å². The lowest BCUT2D eigenvalue weighted by atomic mass is 10.1. The number of carbonyl (C=O) groups is 3. The third-order valence-electron chi connectivity index (χ3n) is 3.31. The van der Waals surface area contributed by atoms with Gasteiger partial charge in [-0.2, -0.15) is 0 Å². The fourth-order valence-corrected chi connectivity index (χ4v) is 2.22. The van der Waals surface area contributed by atoms with Crippen molar-refractivity contribution in [3.8, 4) is 0 Å². The smallest absolute Gasteiger partial charge is 0.226 e. The average molecular weight is 304 g/mol. The molecule has 0 aliphatic heterocycles. The number of amides is 2. The van der Waals surface area contributed by atoms with Crippen molar-refractivity contribution in [3.63, 3.8) is 0 Å². The zero-order chi connectivity index (χ0) is 16.9. The summed E-state index contributed by atoms with van der Waals surface area (Å²) in [6.07, 6.45) is 0.209. The third-order valence-corrected chi connectivity index (χ3v) is 3.31. The quantitative estimate of drug-likeness (QED) is 0.851. The van der Waals surface area contributed by atoms with Gasteiger partial charge < -0.3 is 10.2 Å². The van der Waals surface area contributed by atoms with Crippen LogP contribution >= 0.6 is 0 Å². The van der Waals surface area contributed by atoms with E-state index in [0.29, 0.717) is 17.8 Å². The molecule has 0 saturated carbocycles. The Morgan fingerprint density at radius 1 is 1.14 bits per heavy atom. The second-order valence-electron chi connectivity index (χ2n) is 6.28. The Morgan fingerprint density at radius 2 is 1.77 bits per heavy atom. The fourth-order valence-electron chi connectivity index (χ4n) is 2.22. The summed E-state index contributed by atoms with van der Waals surface area (Å²) < 4.78 is 0. The molecule has 1 rings (SSSR count). The Bertz CT molecular complexity index is 574. The van der Waals surface area contributed by atoms with Crippen LogP contribution in [0.15, 0.2) is 24.3 Å². The van der Waals surface area contributed by atoms with E-state index in [1.54, 1.807) is 29.2 Å². The minimum absolute atomic E-state index is 0.0495. The molecule has 1 aromatic rings. The van der Waals surface area contributed by atoms with E-state index >= 15 is 0 Å². The van der Waals surface area contributed by atoms with Crippen LogP contribution in [0.3, 0.4) is 0 Å². The normalized spacial score (nSPS) is 11.0. The number of nitrogens with zero attached hydrogens (tertiary/aromatic N) is 1. The van der Waals surface area contributed by atoms with Gasteiger partial charge in [-0.05, 0) is 39.8 Å². The van der Waals surface area contributed by atoms with Gasteiger partial charge >= 0.3 is 0 Å². The highest BCUT2D eigenvalue weighted by Gasteiger charge is 2.24. The monoisotopic (exact) mass is 304 g/mol. The molecule has 0 aliphatic rings. The van der Waals surface area contributed by atoms with Crippen molar-refractivity contribution in [2.24, 2.45) is 0 Å². The van der Waals surface area contributed by atoms with Gasteiger partial charge in [0.25, 0.3) is 0 Å². The van der Waals surface area contributed by atoms with Crippen LogP contribution in [0.2, 0.25) is 0 Å². The first-order valence-electron chi connectivity index (χ1n) is 7.30. The summed E-state index contributed by atoms with van der Waals surface area (Å²) in [4.78, 5) is 36.6. The lowest BCUT2D eigenvalue weighted by Crippen LogP contribution is -2.45. The van der Waals surface area contributed by atoms with E-state index in [0.717, 1.165) is 0 Å². The molecule has 1 N–H and O–H groups in total. The molecule has 0 bridgehead atoms. The number of ketones is 1. The van der Waals surface area contributed by atoms with Crippen LogP contribution in [0.25, 0.3) is 0 Å². The summed E-state index contributed by atoms with van der Waals surface area (Å²) in [5.74, 6) is -0.290. The van der Waals surface area contributed by atoms with Gasteiger partial charge in [-0.1, -0.05) is 12.1 Å². The highest BCUT2D eigenvalue weighted by Crippen LogP contribution is 2.15. The molecule has 2 amide bonds. The minimum Gasteiger partial charge on any atom is -0.338 e. The van der Waals surface area contributed by atoms with Gasteiger partial charge in [0.05, 0.1) is 0 Å². The lowest BCUT2D eigenvalue weighted by Gasteiger charge is -2.34. The molecule has 0 saturated heterocycles. The van der Waals surface area contributed by atoms with Crippen LogP contribution in [0.1, 0.15) is 51.4 Å². The standard InChI is InChI=1S/C17H24N2O3/c1-12(20)14-7-6-8-15(11-14)18-16(22)9-10-19(13(2)21)17(3,4)5/h6-8,11H,9-10H2,1-5H3,(H,18,22). The molecule has 0 heterocycles. The van der Waals surface area contributed by atoms with Gasteiger partial charge in [-0.15, -0.1) is 0 Å². The van der Waals surface area contributed by atoms with Crippen LogP contribution in [0.4, 0.5) is 5.69 Å². The second kappa shape index (κ2) is 7.20. The molecule has 22 heavy (non-hydrogen) atoms. The molecular weight excluding hydrogens is 280 g/mol. The van der Waals surface area contributed by atoms with Crippen molar-refractivity contribution >= 4 is 23.3 Å². The maximum absolute atomic E-state index is 12.0. The summed E-state index contributed by atoms with van der Waals surface area (Å²) in [6, 6.07) is 6.81. The van der Waals surface area contributed by atoms with E-state index in [2.05, 4.69) is 5.32 Å². The minimum atomic E-state index is -0.319. The summed E-state index contributed by atoms with van der Waals surface area (Å²) >= 11 is 0. The lowest BCUT2D eigenvalue weighted by molar-refractivity contribution is -0.134. The Kier molecular flexibility index (Phi) is 5.85. The molecule has 0 aromatic heterocycles. The second-order valence-corrected chi connectivity index (χ2v) is 6.28. The van der Waals surface area contributed by atoms with Gasteiger partial charge in [0, 0.05) is 36.7 Å². The molecule has 0 spiro atoms. The first-order chi connectivity index (χ1) is 10.1. The van der Waals surface area contributed by atoms with Crippen molar-refractivity contribution in [2.75, 3.05) is 11.9 Å². The topological polar surface area (TPSA) is 66.5 Å². The maximum Gasteiger partial charge on any atom is 0.226 e. The van der Waals surface area contributed by atoms with Gasteiger partial charge in [0.15, 0.2) is 5.78 Å². The molecule has 120 valence electrons. The Hall–Kier alpha value is -2.17. The van der Waals surface area contributed by atoms with Gasteiger partial charge in [0.2, 0.25) is 11.8 Å². The molecule has 0 radical (unpaired) electrons. The van der Waals surface area contributed by atoms with E-state index in [-0.39, 0.29) is 29.6 Å². The van der Waals surface area contributed by atoms with Crippen molar-refractivity contribution in [2.45, 2.75) is 46.6 Å². The molecule has 5 heteroatoms. The predicted octanol–water partition coefficient (Wildman–Crippen LogP) is 2.86. The molecule has 0 fully saturated rings. The Labute approximate surface area is 131 Å². The number of hydrogen-bond acceptors (Lipinski definition) is 3. The number of rotatable bonds is 5. The number of hydrogen-bond donors (Lipinski definition) is 1. The summed E-state index contributed by atoms with van der Waals surface area (Å²) in [5, 5.41) is 2.75. The zero-order valence-corrected chi connectivity index (χ0v) is 13.9. The van der Waals surface area contributed by atoms with E-state index in [9.17, 15) is 14.4 Å². The third kappa shape index (κ3) is 5.31. The van der Waals surface area contributed by atoms with Gasteiger partial charge in [-0.3, -0.25) is 14.4 Å². The summed E-state index contributed by atoms with van der Waals surface area (Å²) in [6.45, 7) is 9.14. The molecule has 5 nitrogen and oxygen atoms in total. The first kappa shape index (κ1) is 17.9. The molecule has 0 aliphatic carbocycles. The van der Waals surface area contributed by atoms with E-state index in [4.69, 9.17) is 0 Å². The molecule has 0 atom stereocenters. The number of Topliss-reactive ketones (excluding diaryl/α,β-unsaturated/α-hetero) is 1. The zero-order valence-electron chi connectivity index (χ0n) is 13.9. The van der Waals surface area contributed by atoms with Crippen molar-refractivity contribution in [1.29, 1.82) is 0 Å². The maximum atomic E-state index is 12.0. The number of carbonyl (C=O) groups excluding carboxylic acids is 3. The van der Waals surface area contributed by atoms with Crippen LogP contribution < -0.4 is 5.32 Å². The molecule has 1 aromatic carbocycles. The van der Waals surface area contributed by atoms with Gasteiger partial charge in [0.1, 0.15) is 0 Å². The predicted molar refractivity (Wildman–Crippen MR) is 86.8 cm³/mol. The Balaban J connectivity index is 2.65. The largest absolute Gasteiger partial charge is 0.338 e. The van der Waals surface area contributed by atoms with Crippen LogP contribution in [-0.2, 0) is 9.59 Å². The van der Waals surface area contributed by atoms with E-state index in [1.165, 1.54) is 13.8 Å². The van der Waals surface area contributed by atoms with E-state index < -0.39 is 0 Å². The van der Waals surface area contributed by atoms with Crippen LogP contribution in [0, 0.1) is 0 Å². The highest BCUT2D eigenvalue weighted by molar-refractivity contribution is 5.97. The Morgan fingerprint density at radius 3 is 2.27 bits per heavy atom. The SMILES string of the molecule is CC(=O)c1cccc(NC(=O)CCN(C(C)=O)C(C)(C)C)c1. The highest BCUT2D eigenvalue weighted by atomic mass is 16.2. The number of benzene rings is 1. The first-order valence-corrected chi connectivity index (χ1v) is 7.30. The number of nitrogens with one attached hydrogen (secondary N) is 1. The molecule has 0 unspecified atom stereocenters. The summed E-state index contributed by atoms with van der Waals surface area (Å²) in [5.41, 5.74) is 0.821. The van der Waals surface area contributed by atoms with Crippen LogP contribution in [0.5, 0.6) is 0 Å². The van der Waals surface area contributed by atoms with Crippen molar-refractivity contribution in [3.05, 3.63) is 29.8 Å². The molecular formula is C17H24N2O3.